The molecular weight excluding hydrogens is 465 g/mol. The van der Waals surface area contributed by atoms with Gasteiger partial charge in [0.15, 0.2) is 24.5 Å². The van der Waals surface area contributed by atoms with Gasteiger partial charge in [-0.05, 0) is 56.2 Å². The molecule has 2 fully saturated rings. The molecule has 3 unspecified atom stereocenters. The molecule has 1 aromatic heterocycles. The van der Waals surface area contributed by atoms with Crippen LogP contribution in [0, 0.1) is 32.5 Å². The lowest BCUT2D eigenvalue weighted by molar-refractivity contribution is -0.129. The van der Waals surface area contributed by atoms with Gasteiger partial charge in [0.1, 0.15) is 12.0 Å². The van der Waals surface area contributed by atoms with Crippen molar-refractivity contribution in [1.82, 2.24) is 25.8 Å². The molecule has 2 amide bonds. The van der Waals surface area contributed by atoms with Gasteiger partial charge in [0, 0.05) is 12.6 Å². The number of hydrogen-bond donors (Lipinski definition) is 4. The van der Waals surface area contributed by atoms with Crippen molar-refractivity contribution in [2.75, 3.05) is 23.5 Å². The third-order valence-electron chi connectivity index (χ3n) is 6.42. The molecule has 0 bridgehead atoms. The second-order valence-electron chi connectivity index (χ2n) is 9.01. The molecule has 2 saturated heterocycles. The molecule has 36 heavy (non-hydrogen) atoms. The number of amides is 2. The number of hydrazine groups is 1. The van der Waals surface area contributed by atoms with Crippen LogP contribution >= 0.6 is 0 Å². The minimum atomic E-state index is -0.704. The molecule has 0 spiro atoms. The predicted octanol–water partition coefficient (Wildman–Crippen LogP) is 2.11. The highest BCUT2D eigenvalue weighted by Crippen LogP contribution is 2.29. The van der Waals surface area contributed by atoms with E-state index in [0.717, 1.165) is 11.3 Å². The zero-order valence-corrected chi connectivity index (χ0v) is 20.2. The first-order valence-electron chi connectivity index (χ1n) is 11.7. The molecular formula is C25H28FN7O3. The molecule has 4 N–H and O–H groups in total. The van der Waals surface area contributed by atoms with Gasteiger partial charge in [0.05, 0.1) is 17.3 Å². The number of nitrogens with zero attached hydrogens (tertiary/aromatic N) is 3. The third kappa shape index (κ3) is 4.62. The number of nitrogens with one attached hydrogen (secondary N) is 4. The maximum Gasteiger partial charge on any atom is 0.263 e. The molecule has 188 valence electrons. The Morgan fingerprint density at radius 3 is 2.75 bits per heavy atom. The van der Waals surface area contributed by atoms with Crippen molar-refractivity contribution in [3.63, 3.8) is 0 Å². The van der Waals surface area contributed by atoms with Crippen LogP contribution < -0.4 is 31.1 Å². The summed E-state index contributed by atoms with van der Waals surface area (Å²) in [5, 5.41) is 15.6. The number of anilines is 2. The van der Waals surface area contributed by atoms with Crippen molar-refractivity contribution in [1.29, 1.82) is 0 Å². The minimum Gasteiger partial charge on any atom is -0.481 e. The Hall–Kier alpha value is -3.96. The van der Waals surface area contributed by atoms with Crippen molar-refractivity contribution in [2.45, 2.75) is 33.2 Å². The SMILES string of the molecule is Cc1cc(NC(=O)COc2ccccc2F)n(C2NC(=O)C3CNN(c4ccc(C)c(C)c4)C3N2)n1. The lowest BCUT2D eigenvalue weighted by atomic mass is 10.0. The normalized spacial score (nSPS) is 21.2. The summed E-state index contributed by atoms with van der Waals surface area (Å²) in [5.74, 6) is -1.12. The Morgan fingerprint density at radius 2 is 1.97 bits per heavy atom. The predicted molar refractivity (Wildman–Crippen MR) is 131 cm³/mol. The number of halogens is 1. The Balaban J connectivity index is 1.32. The first-order valence-corrected chi connectivity index (χ1v) is 11.7. The van der Waals surface area contributed by atoms with Crippen LogP contribution in [0.3, 0.4) is 0 Å². The molecule has 0 saturated carbocycles. The summed E-state index contributed by atoms with van der Waals surface area (Å²) in [6, 6.07) is 13.7. The molecule has 0 radical (unpaired) electrons. The van der Waals surface area contributed by atoms with Crippen molar-refractivity contribution < 1.29 is 18.7 Å². The highest BCUT2D eigenvalue weighted by atomic mass is 19.1. The topological polar surface area (TPSA) is 113 Å². The van der Waals surface area contributed by atoms with Gasteiger partial charge < -0.3 is 15.4 Å². The maximum absolute atomic E-state index is 13.8. The van der Waals surface area contributed by atoms with E-state index in [1.807, 2.05) is 24.1 Å². The van der Waals surface area contributed by atoms with Gasteiger partial charge in [-0.3, -0.25) is 19.9 Å². The number of fused-ring (bicyclic) bond motifs is 1. The number of hydrogen-bond acceptors (Lipinski definition) is 7. The molecule has 2 aromatic carbocycles. The van der Waals surface area contributed by atoms with Crippen molar-refractivity contribution in [2.24, 2.45) is 5.92 Å². The maximum atomic E-state index is 13.8. The molecule has 10 nitrogen and oxygen atoms in total. The molecule has 11 heteroatoms. The second kappa shape index (κ2) is 9.59. The second-order valence-corrected chi connectivity index (χ2v) is 9.01. The number of para-hydroxylation sites is 1. The van der Waals surface area contributed by atoms with E-state index in [2.05, 4.69) is 39.5 Å². The lowest BCUT2D eigenvalue weighted by Gasteiger charge is -2.37. The van der Waals surface area contributed by atoms with Gasteiger partial charge in [0.25, 0.3) is 5.91 Å². The summed E-state index contributed by atoms with van der Waals surface area (Å²) in [6.07, 6.45) is -1.03. The summed E-state index contributed by atoms with van der Waals surface area (Å²) in [6.45, 7) is 5.99. The minimum absolute atomic E-state index is 0.00948. The molecule has 3 atom stereocenters. The number of aromatic nitrogens is 2. The van der Waals surface area contributed by atoms with E-state index in [0.29, 0.717) is 18.1 Å². The summed E-state index contributed by atoms with van der Waals surface area (Å²) < 4.78 is 20.6. The van der Waals surface area contributed by atoms with Gasteiger partial charge in [-0.25, -0.2) is 14.5 Å². The zero-order chi connectivity index (χ0) is 25.4. The number of aryl methyl sites for hydroxylation is 3. The van der Waals surface area contributed by atoms with Crippen LogP contribution in [-0.2, 0) is 9.59 Å². The smallest absolute Gasteiger partial charge is 0.263 e. The average molecular weight is 494 g/mol. The number of rotatable bonds is 6. The fourth-order valence-corrected chi connectivity index (χ4v) is 4.41. The van der Waals surface area contributed by atoms with Crippen LogP contribution in [0.1, 0.15) is 23.1 Å². The number of benzene rings is 2. The molecule has 2 aliphatic heterocycles. The monoisotopic (exact) mass is 493 g/mol. The van der Waals surface area contributed by atoms with Crippen LogP contribution in [0.25, 0.3) is 0 Å². The van der Waals surface area contributed by atoms with Gasteiger partial charge >= 0.3 is 0 Å². The molecule has 0 aliphatic carbocycles. The fourth-order valence-electron chi connectivity index (χ4n) is 4.41. The van der Waals surface area contributed by atoms with Crippen LogP contribution in [0.15, 0.2) is 48.5 Å². The highest BCUT2D eigenvalue weighted by Gasteiger charge is 2.45. The van der Waals surface area contributed by atoms with Gasteiger partial charge in [-0.1, -0.05) is 18.2 Å². The van der Waals surface area contributed by atoms with E-state index >= 15 is 0 Å². The van der Waals surface area contributed by atoms with Crippen LogP contribution in [0.2, 0.25) is 0 Å². The summed E-state index contributed by atoms with van der Waals surface area (Å²) in [7, 11) is 0. The summed E-state index contributed by atoms with van der Waals surface area (Å²) >= 11 is 0. The van der Waals surface area contributed by atoms with Crippen molar-refractivity contribution in [3.8, 4) is 5.75 Å². The Kier molecular flexibility index (Phi) is 6.33. The number of carbonyl (C=O) groups excluding carboxylic acids is 2. The van der Waals surface area contributed by atoms with E-state index < -0.39 is 18.0 Å². The standard InChI is InChI=1S/C25H28FN7O3/c1-14-8-9-17(10-15(14)2)32-23-18(12-27-32)24(35)30-25(29-23)33-21(11-16(3)31-33)28-22(34)13-36-20-7-5-4-6-19(20)26/h4-11,18,23,25,27,29H,12-13H2,1-3H3,(H,28,34)(H,30,35). The average Bonchev–Trinajstić information content (AvgIpc) is 3.44. The molecule has 3 heterocycles. The zero-order valence-electron chi connectivity index (χ0n) is 20.2. The highest BCUT2D eigenvalue weighted by molar-refractivity contribution is 5.91. The van der Waals surface area contributed by atoms with E-state index in [9.17, 15) is 14.0 Å². The van der Waals surface area contributed by atoms with Crippen LogP contribution in [0.5, 0.6) is 5.75 Å². The Bertz CT molecular complexity index is 1310. The lowest BCUT2D eigenvalue weighted by Crippen LogP contribution is -2.61. The summed E-state index contributed by atoms with van der Waals surface area (Å²) in [5.41, 5.74) is 7.25. The van der Waals surface area contributed by atoms with Crippen LogP contribution in [0.4, 0.5) is 15.9 Å². The fraction of sp³-hybridized carbons (Fsp3) is 0.320. The van der Waals surface area contributed by atoms with E-state index in [1.165, 1.54) is 22.4 Å². The Morgan fingerprint density at radius 1 is 1.17 bits per heavy atom. The Labute approximate surface area is 207 Å². The number of carbonyl (C=O) groups is 2. The molecule has 3 aromatic rings. The number of ether oxygens (including phenoxy) is 1. The third-order valence-corrected chi connectivity index (χ3v) is 6.42. The van der Waals surface area contributed by atoms with Gasteiger partial charge in [-0.15, -0.1) is 0 Å². The van der Waals surface area contributed by atoms with Crippen molar-refractivity contribution >= 4 is 23.3 Å². The van der Waals surface area contributed by atoms with E-state index in [4.69, 9.17) is 4.74 Å². The van der Waals surface area contributed by atoms with Crippen molar-refractivity contribution in [3.05, 3.63) is 71.2 Å². The quantitative estimate of drug-likeness (QED) is 0.416. The summed E-state index contributed by atoms with van der Waals surface area (Å²) in [4.78, 5) is 25.5. The van der Waals surface area contributed by atoms with E-state index in [1.54, 1.807) is 25.1 Å². The first kappa shape index (κ1) is 23.8. The first-order chi connectivity index (χ1) is 17.3. The molecule has 2 aliphatic rings. The van der Waals surface area contributed by atoms with Gasteiger partial charge in [0.2, 0.25) is 5.91 Å². The largest absolute Gasteiger partial charge is 0.481 e. The van der Waals surface area contributed by atoms with Crippen LogP contribution in [-0.4, -0.2) is 40.9 Å². The molecule has 5 rings (SSSR count). The van der Waals surface area contributed by atoms with Gasteiger partial charge in [-0.2, -0.15) is 5.10 Å². The van der Waals surface area contributed by atoms with E-state index in [-0.39, 0.29) is 30.3 Å².